The van der Waals surface area contributed by atoms with Crippen LogP contribution in [0.4, 0.5) is 0 Å². The second kappa shape index (κ2) is 13.7. The molecule has 3 nitrogen and oxygen atoms in total. The van der Waals surface area contributed by atoms with E-state index in [1.54, 1.807) is 0 Å². The molecule has 215 valence electrons. The van der Waals surface area contributed by atoms with E-state index in [1.165, 1.54) is 38.5 Å². The van der Waals surface area contributed by atoms with E-state index >= 15 is 0 Å². The zero-order chi connectivity index (χ0) is 28.9. The van der Waals surface area contributed by atoms with Gasteiger partial charge in [0.2, 0.25) is 0 Å². The monoisotopic (exact) mass is 736 g/mol. The van der Waals surface area contributed by atoms with Crippen LogP contribution in [-0.4, -0.2) is 14.5 Å². The van der Waals surface area contributed by atoms with Crippen molar-refractivity contribution in [1.82, 2.24) is 14.5 Å². The number of pyridine rings is 2. The average Bonchev–Trinajstić information content (AvgIpc) is 3.35. The van der Waals surface area contributed by atoms with Crippen LogP contribution in [0.15, 0.2) is 128 Å². The minimum atomic E-state index is 0. The fourth-order valence-corrected chi connectivity index (χ4v) is 5.40. The average molecular weight is 736 g/mol. The number of aromatic nitrogens is 3. The van der Waals surface area contributed by atoms with E-state index in [0.29, 0.717) is 5.92 Å². The van der Waals surface area contributed by atoms with E-state index in [-0.39, 0.29) is 20.1 Å². The van der Waals surface area contributed by atoms with Crippen LogP contribution in [0.25, 0.3) is 55.4 Å². The van der Waals surface area contributed by atoms with Crippen LogP contribution >= 0.6 is 0 Å². The summed E-state index contributed by atoms with van der Waals surface area (Å²) in [5.41, 5.74) is 10.2. The molecule has 0 N–H and O–H groups in total. The van der Waals surface area contributed by atoms with Crippen LogP contribution in [0.2, 0.25) is 0 Å². The molecule has 0 fully saturated rings. The third kappa shape index (κ3) is 6.67. The van der Waals surface area contributed by atoms with Crippen LogP contribution in [0.3, 0.4) is 0 Å². The van der Waals surface area contributed by atoms with Gasteiger partial charge in [-0.05, 0) is 58.4 Å². The molecule has 7 rings (SSSR count). The second-order valence-corrected chi connectivity index (χ2v) is 10.9. The van der Waals surface area contributed by atoms with Gasteiger partial charge in [0.15, 0.2) is 0 Å². The summed E-state index contributed by atoms with van der Waals surface area (Å²) in [4.78, 5) is 9.01. The molecule has 7 aromatic rings. The molecule has 1 radical (unpaired) electrons. The fourth-order valence-electron chi connectivity index (χ4n) is 5.40. The molecule has 0 aliphatic carbocycles. The molecule has 0 bridgehead atoms. The predicted molar refractivity (Wildman–Crippen MR) is 175 cm³/mol. The van der Waals surface area contributed by atoms with Gasteiger partial charge in [-0.25, -0.2) is 0 Å². The first-order valence-electron chi connectivity index (χ1n) is 14.4. The van der Waals surface area contributed by atoms with E-state index in [4.69, 9.17) is 0 Å². The summed E-state index contributed by atoms with van der Waals surface area (Å²) >= 11 is 0. The summed E-state index contributed by atoms with van der Waals surface area (Å²) in [6.07, 6.45) is 3.77. The van der Waals surface area contributed by atoms with Gasteiger partial charge in [0.1, 0.15) is 0 Å². The van der Waals surface area contributed by atoms with E-state index in [1.807, 2.05) is 73.1 Å². The predicted octanol–water partition coefficient (Wildman–Crippen LogP) is 9.83. The molecule has 3 heterocycles. The molecule has 0 spiro atoms. The molecule has 43 heavy (non-hydrogen) atoms. The topological polar surface area (TPSA) is 30.7 Å². The molecule has 0 saturated carbocycles. The maximum Gasteiger partial charge on any atom is 0.0391 e. The number of rotatable bonds is 5. The van der Waals surface area contributed by atoms with Crippen molar-refractivity contribution in [3.8, 4) is 33.6 Å². The first-order valence-corrected chi connectivity index (χ1v) is 14.4. The van der Waals surface area contributed by atoms with Gasteiger partial charge in [-0.2, -0.15) is 0 Å². The second-order valence-electron chi connectivity index (χ2n) is 10.9. The summed E-state index contributed by atoms with van der Waals surface area (Å²) in [5, 5.41) is 2.58. The van der Waals surface area contributed by atoms with Gasteiger partial charge in [0.05, 0.1) is 0 Å². The van der Waals surface area contributed by atoms with Gasteiger partial charge in [0.25, 0.3) is 0 Å². The first-order chi connectivity index (χ1) is 20.6. The number of para-hydroxylation sites is 1. The zero-order valence-electron chi connectivity index (χ0n) is 24.6. The van der Waals surface area contributed by atoms with Gasteiger partial charge in [-0.15, -0.1) is 59.7 Å². The summed E-state index contributed by atoms with van der Waals surface area (Å²) in [5.74, 6) is 0.601. The Morgan fingerprint density at radius 3 is 2.19 bits per heavy atom. The van der Waals surface area contributed by atoms with Crippen LogP contribution in [0.5, 0.6) is 0 Å². The number of hydrogen-bond acceptors (Lipinski definition) is 2. The molecule has 0 unspecified atom stereocenters. The Balaban J connectivity index is 0.000000170. The van der Waals surface area contributed by atoms with Crippen molar-refractivity contribution in [1.29, 1.82) is 0 Å². The number of aryl methyl sites for hydroxylation is 1. The van der Waals surface area contributed by atoms with Gasteiger partial charge in [0, 0.05) is 50.1 Å². The van der Waals surface area contributed by atoms with Crippen LogP contribution in [0, 0.1) is 25.0 Å². The number of nitrogens with zero attached hydrogens (tertiary/aromatic N) is 3. The van der Waals surface area contributed by atoms with Crippen molar-refractivity contribution in [2.75, 3.05) is 0 Å². The molecule has 3 aromatic heterocycles. The Hall–Kier alpha value is -4.37. The fraction of sp³-hybridized carbons (Fsp3) is 0.128. The van der Waals surface area contributed by atoms with Gasteiger partial charge in [-0.3, -0.25) is 0 Å². The Bertz CT molecular complexity index is 1930. The SMILES string of the molecule is CC(C)Cn1c2c[c-]c(-c3ccccn3)cc2c2ccccc21.Cc1cc(-c2[c-]cccc2)ncc1-c1ccccc1.[Ir]. The first kappa shape index (κ1) is 30.1. The molecule has 4 aromatic carbocycles. The van der Waals surface area contributed by atoms with Crippen LogP contribution < -0.4 is 0 Å². The zero-order valence-corrected chi connectivity index (χ0v) is 27.0. The Kier molecular flexibility index (Phi) is 9.61. The van der Waals surface area contributed by atoms with E-state index in [0.717, 1.165) is 29.1 Å². The van der Waals surface area contributed by atoms with Crippen molar-refractivity contribution < 1.29 is 20.1 Å². The van der Waals surface area contributed by atoms with Gasteiger partial charge < -0.3 is 14.5 Å². The largest absolute Gasteiger partial charge is 0.380 e. The van der Waals surface area contributed by atoms with Crippen LogP contribution in [-0.2, 0) is 26.7 Å². The van der Waals surface area contributed by atoms with Crippen molar-refractivity contribution in [3.63, 3.8) is 0 Å². The number of fused-ring (bicyclic) bond motifs is 3. The van der Waals surface area contributed by atoms with Crippen molar-refractivity contribution in [2.45, 2.75) is 27.3 Å². The summed E-state index contributed by atoms with van der Waals surface area (Å²) in [6.45, 7) is 7.65. The number of hydrogen-bond donors (Lipinski definition) is 0. The third-order valence-corrected chi connectivity index (χ3v) is 7.37. The number of benzene rings is 4. The minimum Gasteiger partial charge on any atom is -0.380 e. The Morgan fingerprint density at radius 2 is 1.47 bits per heavy atom. The maximum absolute atomic E-state index is 4.55. The normalized spacial score (nSPS) is 10.8. The molecule has 0 saturated heterocycles. The standard InChI is InChI=1S/C21H19N2.C18H14N.Ir/c1-15(2)14-23-20-9-4-3-7-17(20)18-13-16(10-11-21(18)23)19-8-5-6-12-22-19;1-14-12-18(16-10-6-3-7-11-16)19-13-17(14)15-8-4-2-5-9-15;/h3-9,11-13,15H,14H2,1-2H3;2-10,12-13H,1H3;/q2*-1;. The molecule has 0 atom stereocenters. The molecule has 0 aliphatic heterocycles. The molecular formula is C39H33IrN3-2. The smallest absolute Gasteiger partial charge is 0.0391 e. The van der Waals surface area contributed by atoms with Gasteiger partial charge in [-0.1, -0.05) is 86.0 Å². The third-order valence-electron chi connectivity index (χ3n) is 7.37. The Morgan fingerprint density at radius 1 is 0.698 bits per heavy atom. The summed E-state index contributed by atoms with van der Waals surface area (Å²) < 4.78 is 2.41. The summed E-state index contributed by atoms with van der Waals surface area (Å²) in [6, 6.07) is 46.0. The molecule has 0 amide bonds. The quantitative estimate of drug-likeness (QED) is 0.165. The molecular weight excluding hydrogens is 703 g/mol. The summed E-state index contributed by atoms with van der Waals surface area (Å²) in [7, 11) is 0. The van der Waals surface area contributed by atoms with Crippen molar-refractivity contribution in [2.24, 2.45) is 5.92 Å². The van der Waals surface area contributed by atoms with E-state index in [2.05, 4.69) is 102 Å². The van der Waals surface area contributed by atoms with Gasteiger partial charge >= 0.3 is 0 Å². The maximum atomic E-state index is 4.55. The molecule has 0 aliphatic rings. The van der Waals surface area contributed by atoms with Crippen LogP contribution in [0.1, 0.15) is 19.4 Å². The Labute approximate surface area is 267 Å². The van der Waals surface area contributed by atoms with Crippen molar-refractivity contribution >= 4 is 21.8 Å². The minimum absolute atomic E-state index is 0. The van der Waals surface area contributed by atoms with E-state index < -0.39 is 0 Å². The molecule has 4 heteroatoms. The van der Waals surface area contributed by atoms with Crippen molar-refractivity contribution in [3.05, 3.63) is 145 Å². The van der Waals surface area contributed by atoms with E-state index in [9.17, 15) is 0 Å².